The lowest BCUT2D eigenvalue weighted by Gasteiger charge is -2.36. The standard InChI is InChI=1S/C44H38O3S/c1-43(2,3)47-42(46)38(39(45)28-33-25-24-32-23-22-30-14-13-15-31-26-27-37(33)41(32)40(30)31)29-48-44(34-16-7-4-8-17-34,35-18-9-5-10-19-35)36-20-11-6-12-21-36/h4-27,38H,28-29H2,1-3H3/t38-/m1/s1. The highest BCUT2D eigenvalue weighted by Crippen LogP contribution is 2.49. The van der Waals surface area contributed by atoms with Gasteiger partial charge in [0.25, 0.3) is 0 Å². The highest BCUT2D eigenvalue weighted by atomic mass is 32.2. The molecule has 0 N–H and O–H groups in total. The second-order valence-corrected chi connectivity index (χ2v) is 14.6. The minimum atomic E-state index is -0.969. The Balaban J connectivity index is 1.30. The molecule has 0 amide bonds. The summed E-state index contributed by atoms with van der Waals surface area (Å²) in [4.78, 5) is 28.5. The SMILES string of the molecule is CC(C)(C)OC(=O)[C@H](CSC(c1ccccc1)(c1ccccc1)c1ccccc1)C(=O)Cc1ccc2ccc3cccc4ccc1c2c34. The maximum atomic E-state index is 14.5. The van der Waals surface area contributed by atoms with E-state index >= 15 is 0 Å². The molecule has 3 nitrogen and oxygen atoms in total. The Labute approximate surface area is 286 Å². The molecule has 7 rings (SSSR count). The fraction of sp³-hybridized carbons (Fsp3) is 0.182. The number of thioether (sulfide) groups is 1. The van der Waals surface area contributed by atoms with Crippen molar-refractivity contribution in [3.8, 4) is 0 Å². The Hall–Kier alpha value is -4.93. The van der Waals surface area contributed by atoms with E-state index in [4.69, 9.17) is 4.74 Å². The van der Waals surface area contributed by atoms with E-state index in [1.165, 1.54) is 16.2 Å². The van der Waals surface area contributed by atoms with E-state index in [1.54, 1.807) is 11.8 Å². The number of hydrogen-bond donors (Lipinski definition) is 0. The lowest BCUT2D eigenvalue weighted by atomic mass is 9.84. The molecule has 7 aromatic carbocycles. The number of carbonyl (C=O) groups is 2. The quantitative estimate of drug-likeness (QED) is 0.0642. The highest BCUT2D eigenvalue weighted by Gasteiger charge is 2.40. The average molecular weight is 647 g/mol. The summed E-state index contributed by atoms with van der Waals surface area (Å²) in [7, 11) is 0. The number of benzene rings is 7. The molecule has 7 aromatic rings. The van der Waals surface area contributed by atoms with Crippen LogP contribution < -0.4 is 0 Å². The summed E-state index contributed by atoms with van der Waals surface area (Å²) in [6.07, 6.45) is 0.133. The topological polar surface area (TPSA) is 43.4 Å². The zero-order valence-corrected chi connectivity index (χ0v) is 28.3. The number of rotatable bonds is 10. The van der Waals surface area contributed by atoms with E-state index in [-0.39, 0.29) is 18.0 Å². The maximum Gasteiger partial charge on any atom is 0.317 e. The largest absolute Gasteiger partial charge is 0.459 e. The normalized spacial score (nSPS) is 12.8. The molecule has 1 atom stereocenters. The van der Waals surface area contributed by atoms with Gasteiger partial charge < -0.3 is 4.74 Å². The van der Waals surface area contributed by atoms with E-state index in [0.29, 0.717) is 0 Å². The number of ketones is 1. The van der Waals surface area contributed by atoms with Gasteiger partial charge in [-0.15, -0.1) is 11.8 Å². The molecule has 0 aliphatic carbocycles. The summed E-state index contributed by atoms with van der Waals surface area (Å²) in [5, 5.41) is 6.91. The molecule has 0 saturated carbocycles. The van der Waals surface area contributed by atoms with Crippen LogP contribution in [0.15, 0.2) is 146 Å². The molecule has 0 saturated heterocycles. The van der Waals surface area contributed by atoms with Gasteiger partial charge in [-0.25, -0.2) is 0 Å². The van der Waals surface area contributed by atoms with Crippen LogP contribution in [0.1, 0.15) is 43.0 Å². The molecule has 0 aliphatic rings. The molecule has 0 spiro atoms. The van der Waals surface area contributed by atoms with Crippen molar-refractivity contribution >= 4 is 55.8 Å². The number of hydrogen-bond acceptors (Lipinski definition) is 4. The van der Waals surface area contributed by atoms with Gasteiger partial charge >= 0.3 is 5.97 Å². The van der Waals surface area contributed by atoms with Crippen LogP contribution in [0.5, 0.6) is 0 Å². The molecule has 0 bridgehead atoms. The second-order valence-electron chi connectivity index (χ2n) is 13.4. The van der Waals surface area contributed by atoms with Crippen LogP contribution >= 0.6 is 11.8 Å². The molecule has 0 heterocycles. The van der Waals surface area contributed by atoms with Crippen LogP contribution in [0.4, 0.5) is 0 Å². The lowest BCUT2D eigenvalue weighted by molar-refractivity contribution is -0.161. The number of Topliss-reactive ketones (excluding diaryl/α,β-unsaturated/α-hetero) is 1. The van der Waals surface area contributed by atoms with E-state index < -0.39 is 22.2 Å². The third kappa shape index (κ3) is 5.97. The predicted octanol–water partition coefficient (Wildman–Crippen LogP) is 10.4. The molecule has 0 aromatic heterocycles. The minimum Gasteiger partial charge on any atom is -0.459 e. The van der Waals surface area contributed by atoms with Gasteiger partial charge in [0.05, 0.1) is 4.75 Å². The van der Waals surface area contributed by atoms with Crippen molar-refractivity contribution in [3.63, 3.8) is 0 Å². The van der Waals surface area contributed by atoms with Gasteiger partial charge in [0.1, 0.15) is 11.5 Å². The van der Waals surface area contributed by atoms with Gasteiger partial charge in [-0.05, 0) is 75.3 Å². The van der Waals surface area contributed by atoms with Crippen molar-refractivity contribution < 1.29 is 14.3 Å². The van der Waals surface area contributed by atoms with Gasteiger partial charge in [0, 0.05) is 12.2 Å². The van der Waals surface area contributed by atoms with Gasteiger partial charge in [0.15, 0.2) is 5.78 Å². The molecule has 4 heteroatoms. The monoisotopic (exact) mass is 646 g/mol. The van der Waals surface area contributed by atoms with Crippen molar-refractivity contribution in [3.05, 3.63) is 168 Å². The number of carbonyl (C=O) groups excluding carboxylic acids is 2. The molecule has 0 radical (unpaired) electrons. The van der Waals surface area contributed by atoms with Crippen molar-refractivity contribution in [1.29, 1.82) is 0 Å². The molecular formula is C44H38O3S. The fourth-order valence-electron chi connectivity index (χ4n) is 6.90. The molecule has 0 aliphatic heterocycles. The van der Waals surface area contributed by atoms with E-state index in [9.17, 15) is 9.59 Å². The van der Waals surface area contributed by atoms with E-state index in [2.05, 4.69) is 84.9 Å². The van der Waals surface area contributed by atoms with Gasteiger partial charge in [-0.3, -0.25) is 9.59 Å². The lowest BCUT2D eigenvalue weighted by Crippen LogP contribution is -2.36. The van der Waals surface area contributed by atoms with Gasteiger partial charge in [-0.2, -0.15) is 0 Å². The first-order valence-electron chi connectivity index (χ1n) is 16.5. The van der Waals surface area contributed by atoms with Gasteiger partial charge in [-0.1, -0.05) is 146 Å². The Morgan fingerprint density at radius 1 is 0.583 bits per heavy atom. The Morgan fingerprint density at radius 3 is 1.58 bits per heavy atom. The first-order chi connectivity index (χ1) is 23.2. The second kappa shape index (κ2) is 12.9. The summed E-state index contributed by atoms with van der Waals surface area (Å²) in [6, 6.07) is 50.1. The van der Waals surface area contributed by atoms with Crippen molar-refractivity contribution in [2.24, 2.45) is 5.92 Å². The molecule has 238 valence electrons. The van der Waals surface area contributed by atoms with Crippen LogP contribution in [-0.2, 0) is 25.5 Å². The number of esters is 1. The van der Waals surface area contributed by atoms with Crippen LogP contribution in [0.25, 0.3) is 32.3 Å². The Kier molecular flexibility index (Phi) is 8.53. The Bertz CT molecular complexity index is 2090. The van der Waals surface area contributed by atoms with Crippen LogP contribution in [-0.4, -0.2) is 23.1 Å². The van der Waals surface area contributed by atoms with Crippen molar-refractivity contribution in [1.82, 2.24) is 0 Å². The third-order valence-corrected chi connectivity index (χ3v) is 10.7. The molecule has 0 fully saturated rings. The first kappa shape index (κ1) is 31.7. The van der Waals surface area contributed by atoms with Crippen molar-refractivity contribution in [2.75, 3.05) is 5.75 Å². The fourth-order valence-corrected chi connectivity index (χ4v) is 8.55. The smallest absolute Gasteiger partial charge is 0.317 e. The summed E-state index contributed by atoms with van der Waals surface area (Å²) < 4.78 is 5.28. The third-order valence-electron chi connectivity index (χ3n) is 9.07. The summed E-state index contributed by atoms with van der Waals surface area (Å²) in [5.41, 5.74) is 3.42. The molecule has 48 heavy (non-hydrogen) atoms. The number of ether oxygens (including phenoxy) is 1. The van der Waals surface area contributed by atoms with E-state index in [0.717, 1.165) is 38.4 Å². The molecule has 0 unspecified atom stereocenters. The first-order valence-corrected chi connectivity index (χ1v) is 17.4. The zero-order chi connectivity index (χ0) is 33.3. The molecular weight excluding hydrogens is 609 g/mol. The van der Waals surface area contributed by atoms with Gasteiger partial charge in [0.2, 0.25) is 0 Å². The van der Waals surface area contributed by atoms with Crippen LogP contribution in [0.2, 0.25) is 0 Å². The predicted molar refractivity (Wildman–Crippen MR) is 200 cm³/mol. The highest BCUT2D eigenvalue weighted by molar-refractivity contribution is 8.00. The van der Waals surface area contributed by atoms with Crippen LogP contribution in [0.3, 0.4) is 0 Å². The average Bonchev–Trinajstić information content (AvgIpc) is 3.10. The zero-order valence-electron chi connectivity index (χ0n) is 27.5. The maximum absolute atomic E-state index is 14.5. The van der Waals surface area contributed by atoms with E-state index in [1.807, 2.05) is 81.4 Å². The minimum absolute atomic E-state index is 0.133. The summed E-state index contributed by atoms with van der Waals surface area (Å²) in [6.45, 7) is 5.55. The summed E-state index contributed by atoms with van der Waals surface area (Å²) >= 11 is 1.62. The van der Waals surface area contributed by atoms with Crippen LogP contribution in [0, 0.1) is 5.92 Å². The van der Waals surface area contributed by atoms with Crippen molar-refractivity contribution in [2.45, 2.75) is 37.5 Å². The Morgan fingerprint density at radius 2 is 1.06 bits per heavy atom. The summed E-state index contributed by atoms with van der Waals surface area (Å²) in [5.74, 6) is -1.35.